The number of nitrogen functional groups attached to an aromatic ring is 1. The number of anilines is 1. The molecule has 0 aliphatic rings. The van der Waals surface area contributed by atoms with E-state index in [1.807, 2.05) is 31.2 Å². The second-order valence-corrected chi connectivity index (χ2v) is 4.69. The Morgan fingerprint density at radius 1 is 1.00 bits per heavy atom. The van der Waals surface area contributed by atoms with Crippen molar-refractivity contribution >= 4 is 5.88 Å². The minimum atomic E-state index is -0.972. The average molecular weight is 286 g/mol. The number of nitrogens with zero attached hydrogens (tertiary/aromatic N) is 1. The number of aromatic nitrogens is 1. The van der Waals surface area contributed by atoms with Gasteiger partial charge in [0.25, 0.3) is 0 Å². The van der Waals surface area contributed by atoms with Gasteiger partial charge in [0, 0.05) is 5.56 Å². The Morgan fingerprint density at radius 3 is 2.48 bits per heavy atom. The Hall–Kier alpha value is -2.69. The van der Waals surface area contributed by atoms with Crippen LogP contribution in [-0.4, -0.2) is 5.16 Å². The molecule has 0 bridgehead atoms. The first-order valence-electron chi connectivity index (χ1n) is 6.35. The Kier molecular flexibility index (Phi) is 3.17. The molecule has 3 nitrogen and oxygen atoms in total. The molecule has 5 heteroatoms. The summed E-state index contributed by atoms with van der Waals surface area (Å²) in [5.74, 6) is -1.84. The number of benzene rings is 2. The highest BCUT2D eigenvalue weighted by Gasteiger charge is 2.22. The van der Waals surface area contributed by atoms with E-state index in [4.69, 9.17) is 10.3 Å². The highest BCUT2D eigenvalue weighted by atomic mass is 19.2. The lowest BCUT2D eigenvalue weighted by Crippen LogP contribution is -1.93. The molecule has 2 N–H and O–H groups in total. The summed E-state index contributed by atoms with van der Waals surface area (Å²) in [5.41, 5.74) is 8.22. The van der Waals surface area contributed by atoms with E-state index in [9.17, 15) is 8.78 Å². The molecule has 3 rings (SSSR count). The summed E-state index contributed by atoms with van der Waals surface area (Å²) in [5, 5.41) is 3.80. The highest BCUT2D eigenvalue weighted by Crippen LogP contribution is 2.38. The van der Waals surface area contributed by atoms with E-state index < -0.39 is 11.6 Å². The van der Waals surface area contributed by atoms with E-state index in [0.717, 1.165) is 17.2 Å². The Labute approximate surface area is 120 Å². The average Bonchev–Trinajstić information content (AvgIpc) is 2.84. The van der Waals surface area contributed by atoms with Crippen LogP contribution in [0.3, 0.4) is 0 Å². The van der Waals surface area contributed by atoms with Gasteiger partial charge < -0.3 is 10.3 Å². The van der Waals surface area contributed by atoms with Gasteiger partial charge in [0.1, 0.15) is 5.69 Å². The van der Waals surface area contributed by atoms with E-state index >= 15 is 0 Å². The molecule has 0 saturated heterocycles. The van der Waals surface area contributed by atoms with Crippen LogP contribution < -0.4 is 5.73 Å². The Balaban J connectivity index is 2.28. The van der Waals surface area contributed by atoms with Gasteiger partial charge in [-0.3, -0.25) is 0 Å². The van der Waals surface area contributed by atoms with Crippen LogP contribution in [0.25, 0.3) is 22.4 Å². The van der Waals surface area contributed by atoms with E-state index in [2.05, 4.69) is 5.16 Å². The SMILES string of the molecule is Cc1ccccc1-c1c(-c2cccc(F)c2F)noc1N. The maximum atomic E-state index is 14.0. The molecular weight excluding hydrogens is 274 g/mol. The van der Waals surface area contributed by atoms with Crippen molar-refractivity contribution in [2.45, 2.75) is 6.92 Å². The number of nitrogens with two attached hydrogens (primary N) is 1. The molecule has 0 fully saturated rings. The standard InChI is InChI=1S/C16H12F2N2O/c1-9-5-2-3-6-10(9)13-15(20-21-16(13)19)11-7-4-8-12(17)14(11)18/h2-8H,19H2,1H3. The van der Waals surface area contributed by atoms with Gasteiger partial charge in [0.2, 0.25) is 5.88 Å². The van der Waals surface area contributed by atoms with Crippen LogP contribution in [0, 0.1) is 18.6 Å². The first-order chi connectivity index (χ1) is 10.1. The van der Waals surface area contributed by atoms with E-state index in [-0.39, 0.29) is 17.1 Å². The van der Waals surface area contributed by atoms with Crippen LogP contribution in [0.4, 0.5) is 14.7 Å². The summed E-state index contributed by atoms with van der Waals surface area (Å²) in [6.45, 7) is 1.90. The molecule has 1 heterocycles. The van der Waals surface area contributed by atoms with E-state index in [0.29, 0.717) is 5.56 Å². The number of aryl methyl sites for hydroxylation is 1. The smallest absolute Gasteiger partial charge is 0.230 e. The van der Waals surface area contributed by atoms with Crippen molar-refractivity contribution in [3.05, 3.63) is 59.7 Å². The largest absolute Gasteiger partial charge is 0.367 e. The summed E-state index contributed by atoms with van der Waals surface area (Å²) < 4.78 is 32.4. The van der Waals surface area contributed by atoms with E-state index in [1.165, 1.54) is 12.1 Å². The summed E-state index contributed by atoms with van der Waals surface area (Å²) >= 11 is 0. The van der Waals surface area contributed by atoms with Crippen LogP contribution >= 0.6 is 0 Å². The Morgan fingerprint density at radius 2 is 1.71 bits per heavy atom. The van der Waals surface area contributed by atoms with Gasteiger partial charge in [-0.2, -0.15) is 0 Å². The predicted molar refractivity (Wildman–Crippen MR) is 76.4 cm³/mol. The Bertz CT molecular complexity index is 812. The summed E-state index contributed by atoms with van der Waals surface area (Å²) in [4.78, 5) is 0. The molecule has 0 spiro atoms. The lowest BCUT2D eigenvalue weighted by atomic mass is 9.97. The second-order valence-electron chi connectivity index (χ2n) is 4.69. The quantitative estimate of drug-likeness (QED) is 0.769. The molecule has 0 unspecified atom stereocenters. The summed E-state index contributed by atoms with van der Waals surface area (Å²) in [6.07, 6.45) is 0. The molecule has 0 aliphatic heterocycles. The van der Waals surface area contributed by atoms with Crippen molar-refractivity contribution in [2.75, 3.05) is 5.73 Å². The highest BCUT2D eigenvalue weighted by molar-refractivity contribution is 5.88. The maximum absolute atomic E-state index is 14.0. The molecule has 0 saturated carbocycles. The number of hydrogen-bond acceptors (Lipinski definition) is 3. The molecule has 0 radical (unpaired) electrons. The number of rotatable bonds is 2. The number of halogens is 2. The normalized spacial score (nSPS) is 10.8. The molecule has 0 amide bonds. The van der Waals surface area contributed by atoms with Crippen molar-refractivity contribution in [3.63, 3.8) is 0 Å². The summed E-state index contributed by atoms with van der Waals surface area (Å²) in [6, 6.07) is 11.4. The van der Waals surface area contributed by atoms with Crippen LogP contribution in [0.15, 0.2) is 47.0 Å². The molecule has 106 valence electrons. The fraction of sp³-hybridized carbons (Fsp3) is 0.0625. The molecule has 21 heavy (non-hydrogen) atoms. The zero-order chi connectivity index (χ0) is 15.0. The maximum Gasteiger partial charge on any atom is 0.230 e. The molecule has 0 atom stereocenters. The van der Waals surface area contributed by atoms with Gasteiger partial charge in [0.05, 0.1) is 5.56 Å². The molecule has 2 aromatic carbocycles. The third-order valence-electron chi connectivity index (χ3n) is 3.34. The number of hydrogen-bond donors (Lipinski definition) is 1. The third-order valence-corrected chi connectivity index (χ3v) is 3.34. The van der Waals surface area contributed by atoms with E-state index in [1.54, 1.807) is 0 Å². The fourth-order valence-corrected chi connectivity index (χ4v) is 2.29. The van der Waals surface area contributed by atoms with Gasteiger partial charge in [-0.05, 0) is 30.2 Å². The van der Waals surface area contributed by atoms with Crippen molar-refractivity contribution in [3.8, 4) is 22.4 Å². The first-order valence-corrected chi connectivity index (χ1v) is 6.35. The predicted octanol–water partition coefficient (Wildman–Crippen LogP) is 4.18. The van der Waals surface area contributed by atoms with Gasteiger partial charge >= 0.3 is 0 Å². The molecule has 3 aromatic rings. The van der Waals surface area contributed by atoms with Crippen LogP contribution in [-0.2, 0) is 0 Å². The zero-order valence-corrected chi connectivity index (χ0v) is 11.2. The fourth-order valence-electron chi connectivity index (χ4n) is 2.29. The first kappa shape index (κ1) is 13.3. The molecular formula is C16H12F2N2O. The van der Waals surface area contributed by atoms with Crippen LogP contribution in [0.1, 0.15) is 5.56 Å². The monoisotopic (exact) mass is 286 g/mol. The molecule has 1 aromatic heterocycles. The van der Waals surface area contributed by atoms with Gasteiger partial charge in [-0.1, -0.05) is 35.5 Å². The van der Waals surface area contributed by atoms with Crippen LogP contribution in [0.2, 0.25) is 0 Å². The topological polar surface area (TPSA) is 52.0 Å². The minimum Gasteiger partial charge on any atom is -0.367 e. The lowest BCUT2D eigenvalue weighted by molar-refractivity contribution is 0.438. The van der Waals surface area contributed by atoms with Crippen molar-refractivity contribution in [1.82, 2.24) is 5.16 Å². The zero-order valence-electron chi connectivity index (χ0n) is 11.2. The second kappa shape index (κ2) is 5.01. The molecule has 0 aliphatic carbocycles. The van der Waals surface area contributed by atoms with Crippen molar-refractivity contribution in [2.24, 2.45) is 0 Å². The van der Waals surface area contributed by atoms with Crippen molar-refractivity contribution < 1.29 is 13.3 Å². The van der Waals surface area contributed by atoms with Gasteiger partial charge in [-0.15, -0.1) is 0 Å². The van der Waals surface area contributed by atoms with Gasteiger partial charge in [0.15, 0.2) is 11.6 Å². The minimum absolute atomic E-state index is 0.0219. The van der Waals surface area contributed by atoms with Crippen molar-refractivity contribution in [1.29, 1.82) is 0 Å². The third kappa shape index (κ3) is 2.16. The van der Waals surface area contributed by atoms with Crippen LogP contribution in [0.5, 0.6) is 0 Å². The lowest BCUT2D eigenvalue weighted by Gasteiger charge is -2.07. The van der Waals surface area contributed by atoms with Gasteiger partial charge in [-0.25, -0.2) is 8.78 Å². The summed E-state index contributed by atoms with van der Waals surface area (Å²) in [7, 11) is 0.